The molecular formula is C15H14BrNO2S. The van der Waals surface area contributed by atoms with Crippen molar-refractivity contribution in [2.75, 3.05) is 7.11 Å². The summed E-state index contributed by atoms with van der Waals surface area (Å²) in [4.78, 5) is 0.357. The highest BCUT2D eigenvalue weighted by atomic mass is 79.9. The van der Waals surface area contributed by atoms with Crippen molar-refractivity contribution in [3.8, 4) is 11.5 Å². The van der Waals surface area contributed by atoms with Crippen LogP contribution in [0.25, 0.3) is 0 Å². The maximum atomic E-state index is 5.76. The lowest BCUT2D eigenvalue weighted by molar-refractivity contribution is 0.296. The van der Waals surface area contributed by atoms with Crippen LogP contribution in [0.15, 0.2) is 46.9 Å². The van der Waals surface area contributed by atoms with Gasteiger partial charge in [-0.2, -0.15) is 0 Å². The van der Waals surface area contributed by atoms with Crippen LogP contribution in [-0.4, -0.2) is 12.1 Å². The van der Waals surface area contributed by atoms with E-state index in [-0.39, 0.29) is 0 Å². The summed E-state index contributed by atoms with van der Waals surface area (Å²) in [6.07, 6.45) is 0. The summed E-state index contributed by atoms with van der Waals surface area (Å²) in [6, 6.07) is 13.2. The maximum Gasteiger partial charge on any atom is 0.125 e. The molecule has 0 saturated heterocycles. The van der Waals surface area contributed by atoms with Gasteiger partial charge in [-0.1, -0.05) is 40.3 Å². The van der Waals surface area contributed by atoms with Crippen LogP contribution in [0.5, 0.6) is 11.5 Å². The van der Waals surface area contributed by atoms with E-state index in [1.54, 1.807) is 7.11 Å². The van der Waals surface area contributed by atoms with Gasteiger partial charge in [0.1, 0.15) is 23.1 Å². The number of methoxy groups -OCH3 is 1. The number of hydrogen-bond donors (Lipinski definition) is 1. The zero-order valence-corrected chi connectivity index (χ0v) is 13.3. The third-order valence-corrected chi connectivity index (χ3v) is 3.48. The quantitative estimate of drug-likeness (QED) is 0.834. The van der Waals surface area contributed by atoms with Crippen molar-refractivity contribution in [2.45, 2.75) is 6.61 Å². The third-order valence-electron chi connectivity index (χ3n) is 2.76. The van der Waals surface area contributed by atoms with E-state index in [0.29, 0.717) is 11.6 Å². The first-order valence-corrected chi connectivity index (χ1v) is 7.15. The largest absolute Gasteiger partial charge is 0.496 e. The van der Waals surface area contributed by atoms with Crippen LogP contribution in [0, 0.1) is 0 Å². The molecule has 0 saturated carbocycles. The normalized spacial score (nSPS) is 10.1. The average molecular weight is 352 g/mol. The van der Waals surface area contributed by atoms with Crippen molar-refractivity contribution in [3.63, 3.8) is 0 Å². The van der Waals surface area contributed by atoms with Gasteiger partial charge in [0.05, 0.1) is 7.11 Å². The molecule has 0 aliphatic carbocycles. The standard InChI is InChI=1S/C15H14BrNO2S/c1-18-14-6-5-12(16)7-11(14)9-19-13-4-2-3-10(8-13)15(17)20/h2-8H,9H2,1H3,(H2,17,20). The molecule has 0 amide bonds. The zero-order chi connectivity index (χ0) is 14.5. The number of thiocarbonyl (C=S) groups is 1. The zero-order valence-electron chi connectivity index (χ0n) is 10.9. The molecule has 3 nitrogen and oxygen atoms in total. The Kier molecular flexibility index (Phi) is 4.98. The lowest BCUT2D eigenvalue weighted by Crippen LogP contribution is -2.09. The predicted octanol–water partition coefficient (Wildman–Crippen LogP) is 3.67. The van der Waals surface area contributed by atoms with Gasteiger partial charge in [0.2, 0.25) is 0 Å². The van der Waals surface area contributed by atoms with E-state index in [2.05, 4.69) is 15.9 Å². The highest BCUT2D eigenvalue weighted by Crippen LogP contribution is 2.24. The molecular weight excluding hydrogens is 338 g/mol. The van der Waals surface area contributed by atoms with Gasteiger partial charge in [0.15, 0.2) is 0 Å². The van der Waals surface area contributed by atoms with Gasteiger partial charge in [0.25, 0.3) is 0 Å². The predicted molar refractivity (Wildman–Crippen MR) is 87.4 cm³/mol. The average Bonchev–Trinajstić information content (AvgIpc) is 2.45. The highest BCUT2D eigenvalue weighted by Gasteiger charge is 2.05. The Balaban J connectivity index is 2.14. The van der Waals surface area contributed by atoms with Crippen LogP contribution in [-0.2, 0) is 6.61 Å². The monoisotopic (exact) mass is 351 g/mol. The Bertz CT molecular complexity index is 631. The summed E-state index contributed by atoms with van der Waals surface area (Å²) in [5, 5.41) is 0. The summed E-state index contributed by atoms with van der Waals surface area (Å²) in [6.45, 7) is 0.406. The topological polar surface area (TPSA) is 44.5 Å². The minimum Gasteiger partial charge on any atom is -0.496 e. The molecule has 0 unspecified atom stereocenters. The van der Waals surface area contributed by atoms with Crippen molar-refractivity contribution in [2.24, 2.45) is 5.73 Å². The minimum atomic E-state index is 0.357. The van der Waals surface area contributed by atoms with Crippen LogP contribution in [0.4, 0.5) is 0 Å². The number of benzene rings is 2. The Hall–Kier alpha value is -1.59. The molecule has 0 heterocycles. The van der Waals surface area contributed by atoms with Crippen LogP contribution < -0.4 is 15.2 Å². The van der Waals surface area contributed by atoms with Gasteiger partial charge in [-0.3, -0.25) is 0 Å². The van der Waals surface area contributed by atoms with Crippen molar-refractivity contribution in [1.29, 1.82) is 0 Å². The van der Waals surface area contributed by atoms with Gasteiger partial charge in [-0.05, 0) is 30.3 Å². The lowest BCUT2D eigenvalue weighted by atomic mass is 10.2. The Morgan fingerprint density at radius 3 is 2.75 bits per heavy atom. The SMILES string of the molecule is COc1ccc(Br)cc1COc1cccc(C(N)=S)c1. The number of halogens is 1. The molecule has 0 aliphatic heterocycles. The second kappa shape index (κ2) is 6.72. The van der Waals surface area contributed by atoms with Crippen molar-refractivity contribution >= 4 is 33.1 Å². The van der Waals surface area contributed by atoms with E-state index in [1.165, 1.54) is 0 Å². The summed E-state index contributed by atoms with van der Waals surface area (Å²) in [5.74, 6) is 1.51. The molecule has 0 aliphatic rings. The Labute approximate surface area is 131 Å². The molecule has 2 aromatic rings. The van der Waals surface area contributed by atoms with Gasteiger partial charge < -0.3 is 15.2 Å². The molecule has 0 atom stereocenters. The van der Waals surface area contributed by atoms with E-state index < -0.39 is 0 Å². The molecule has 20 heavy (non-hydrogen) atoms. The van der Waals surface area contributed by atoms with Gasteiger partial charge >= 0.3 is 0 Å². The van der Waals surface area contributed by atoms with Gasteiger partial charge in [-0.25, -0.2) is 0 Å². The van der Waals surface area contributed by atoms with E-state index >= 15 is 0 Å². The molecule has 2 rings (SSSR count). The minimum absolute atomic E-state index is 0.357. The summed E-state index contributed by atoms with van der Waals surface area (Å²) in [7, 11) is 1.64. The smallest absolute Gasteiger partial charge is 0.125 e. The molecule has 0 spiro atoms. The second-order valence-electron chi connectivity index (χ2n) is 4.14. The fourth-order valence-electron chi connectivity index (χ4n) is 1.76. The molecule has 104 valence electrons. The van der Waals surface area contributed by atoms with Crippen LogP contribution in [0.3, 0.4) is 0 Å². The van der Waals surface area contributed by atoms with E-state index in [1.807, 2.05) is 42.5 Å². The van der Waals surface area contributed by atoms with Crippen molar-refractivity contribution in [1.82, 2.24) is 0 Å². The van der Waals surface area contributed by atoms with Gasteiger partial charge in [-0.15, -0.1) is 0 Å². The van der Waals surface area contributed by atoms with E-state index in [9.17, 15) is 0 Å². The summed E-state index contributed by atoms with van der Waals surface area (Å²) in [5.41, 5.74) is 7.36. The molecule has 0 aromatic heterocycles. The maximum absolute atomic E-state index is 5.76. The van der Waals surface area contributed by atoms with Crippen molar-refractivity contribution < 1.29 is 9.47 Å². The first kappa shape index (κ1) is 14.8. The van der Waals surface area contributed by atoms with Gasteiger partial charge in [0, 0.05) is 15.6 Å². The first-order chi connectivity index (χ1) is 9.60. The third kappa shape index (κ3) is 3.71. The number of nitrogens with two attached hydrogens (primary N) is 1. The fourth-order valence-corrected chi connectivity index (χ4v) is 2.30. The molecule has 0 radical (unpaired) electrons. The molecule has 0 bridgehead atoms. The van der Waals surface area contributed by atoms with Crippen LogP contribution in [0.1, 0.15) is 11.1 Å². The number of hydrogen-bond acceptors (Lipinski definition) is 3. The fraction of sp³-hybridized carbons (Fsp3) is 0.133. The van der Waals surface area contributed by atoms with Crippen LogP contribution >= 0.6 is 28.1 Å². The van der Waals surface area contributed by atoms with Crippen LogP contribution in [0.2, 0.25) is 0 Å². The Morgan fingerprint density at radius 2 is 2.05 bits per heavy atom. The van der Waals surface area contributed by atoms with E-state index in [4.69, 9.17) is 27.4 Å². The first-order valence-electron chi connectivity index (χ1n) is 5.95. The Morgan fingerprint density at radius 1 is 1.25 bits per heavy atom. The highest BCUT2D eigenvalue weighted by molar-refractivity contribution is 9.10. The molecule has 2 N–H and O–H groups in total. The summed E-state index contributed by atoms with van der Waals surface area (Å²) >= 11 is 8.39. The van der Waals surface area contributed by atoms with Crippen molar-refractivity contribution in [3.05, 3.63) is 58.1 Å². The molecule has 5 heteroatoms. The number of rotatable bonds is 5. The second-order valence-corrected chi connectivity index (χ2v) is 5.49. The molecule has 2 aromatic carbocycles. The summed E-state index contributed by atoms with van der Waals surface area (Å²) < 4.78 is 12.1. The lowest BCUT2D eigenvalue weighted by Gasteiger charge is -2.11. The number of ether oxygens (including phenoxy) is 2. The van der Waals surface area contributed by atoms with E-state index in [0.717, 1.165) is 27.1 Å². The molecule has 0 fully saturated rings.